The van der Waals surface area contributed by atoms with Crippen molar-refractivity contribution in [3.63, 3.8) is 0 Å². The summed E-state index contributed by atoms with van der Waals surface area (Å²) in [5.41, 5.74) is 6.84. The smallest absolute Gasteiger partial charge is 0.248 e. The average Bonchev–Trinajstić information content (AvgIpc) is 2.84. The number of aromatic nitrogens is 1. The van der Waals surface area contributed by atoms with E-state index < -0.39 is 10.0 Å². The normalized spacial score (nSPS) is 11.5. The molecule has 0 spiro atoms. The van der Waals surface area contributed by atoms with Crippen LogP contribution >= 0.6 is 12.4 Å². The molecule has 2 rings (SSSR count). The first-order valence-electron chi connectivity index (χ1n) is 7.14. The van der Waals surface area contributed by atoms with Crippen LogP contribution in [0.3, 0.4) is 0 Å². The third-order valence-electron chi connectivity index (χ3n) is 3.38. The fraction of sp³-hybridized carbons (Fsp3) is 0.400. The molecule has 0 saturated heterocycles. The van der Waals surface area contributed by atoms with E-state index in [0.29, 0.717) is 37.5 Å². The Hall–Kier alpha value is -1.41. The van der Waals surface area contributed by atoms with Crippen LogP contribution < -0.4 is 5.73 Å². The molecular weight excluding hydrogens is 338 g/mol. The first kappa shape index (κ1) is 19.6. The topological polar surface area (TPSA) is 89.4 Å². The van der Waals surface area contributed by atoms with Crippen molar-refractivity contribution in [3.05, 3.63) is 47.3 Å². The summed E-state index contributed by atoms with van der Waals surface area (Å²) in [5, 5.41) is 3.75. The molecule has 1 aromatic heterocycles. The molecule has 1 aromatic carbocycles. The van der Waals surface area contributed by atoms with E-state index in [1.54, 1.807) is 13.8 Å². The molecule has 2 aromatic rings. The van der Waals surface area contributed by atoms with Crippen LogP contribution in [0.1, 0.15) is 23.4 Å². The predicted molar refractivity (Wildman–Crippen MR) is 90.9 cm³/mol. The quantitative estimate of drug-likeness (QED) is 0.818. The van der Waals surface area contributed by atoms with E-state index in [9.17, 15) is 8.42 Å². The SMILES string of the molecule is Cc1noc(C)c1S(=O)(=O)N(CCCN)Cc1ccccc1.Cl. The highest BCUT2D eigenvalue weighted by Gasteiger charge is 2.30. The van der Waals surface area contributed by atoms with Crippen molar-refractivity contribution in [1.29, 1.82) is 0 Å². The number of hydrogen-bond donors (Lipinski definition) is 1. The molecule has 0 amide bonds. The van der Waals surface area contributed by atoms with Crippen LogP contribution in [-0.4, -0.2) is 31.0 Å². The third-order valence-corrected chi connectivity index (χ3v) is 5.47. The molecule has 23 heavy (non-hydrogen) atoms. The molecule has 0 aliphatic rings. The van der Waals surface area contributed by atoms with Crippen molar-refractivity contribution in [2.24, 2.45) is 5.73 Å². The first-order chi connectivity index (χ1) is 10.5. The molecule has 0 saturated carbocycles. The van der Waals surface area contributed by atoms with Crippen LogP contribution in [-0.2, 0) is 16.6 Å². The van der Waals surface area contributed by atoms with Crippen LogP contribution in [0.15, 0.2) is 39.8 Å². The molecule has 0 atom stereocenters. The maximum atomic E-state index is 12.9. The minimum Gasteiger partial charge on any atom is -0.360 e. The van der Waals surface area contributed by atoms with Crippen molar-refractivity contribution in [2.45, 2.75) is 31.7 Å². The van der Waals surface area contributed by atoms with Gasteiger partial charge < -0.3 is 10.3 Å². The summed E-state index contributed by atoms with van der Waals surface area (Å²) < 4.78 is 32.3. The minimum absolute atomic E-state index is 0. The predicted octanol–water partition coefficient (Wildman–Crippen LogP) is 2.25. The Bertz CT molecular complexity index is 697. The fourth-order valence-electron chi connectivity index (χ4n) is 2.31. The molecule has 0 aliphatic heterocycles. The molecule has 0 fully saturated rings. The van der Waals surface area contributed by atoms with Crippen molar-refractivity contribution in [3.8, 4) is 0 Å². The van der Waals surface area contributed by atoms with Gasteiger partial charge in [-0.05, 0) is 32.4 Å². The first-order valence-corrected chi connectivity index (χ1v) is 8.58. The van der Waals surface area contributed by atoms with Crippen LogP contribution in [0, 0.1) is 13.8 Å². The number of aryl methyl sites for hydroxylation is 2. The summed E-state index contributed by atoms with van der Waals surface area (Å²) in [7, 11) is -3.67. The Morgan fingerprint density at radius 3 is 2.39 bits per heavy atom. The number of nitrogens with zero attached hydrogens (tertiary/aromatic N) is 2. The van der Waals surface area contributed by atoms with Gasteiger partial charge in [0, 0.05) is 13.1 Å². The second-order valence-corrected chi connectivity index (χ2v) is 6.99. The molecule has 0 aliphatic carbocycles. The number of rotatable bonds is 7. The zero-order valence-corrected chi connectivity index (χ0v) is 14.9. The third kappa shape index (κ3) is 4.54. The minimum atomic E-state index is -3.67. The lowest BCUT2D eigenvalue weighted by Gasteiger charge is -2.22. The summed E-state index contributed by atoms with van der Waals surface area (Å²) in [4.78, 5) is 0.153. The van der Waals surface area contributed by atoms with E-state index in [1.165, 1.54) is 4.31 Å². The molecule has 0 radical (unpaired) electrons. The van der Waals surface area contributed by atoms with Gasteiger partial charge in [0.15, 0.2) is 5.76 Å². The Morgan fingerprint density at radius 1 is 1.22 bits per heavy atom. The molecular formula is C15H22ClN3O3S. The van der Waals surface area contributed by atoms with E-state index in [-0.39, 0.29) is 17.3 Å². The Labute approximate surface area is 143 Å². The van der Waals surface area contributed by atoms with E-state index in [4.69, 9.17) is 10.3 Å². The summed E-state index contributed by atoms with van der Waals surface area (Å²) in [6.45, 7) is 4.33. The monoisotopic (exact) mass is 359 g/mol. The highest BCUT2D eigenvalue weighted by atomic mass is 35.5. The number of nitrogens with two attached hydrogens (primary N) is 1. The molecule has 0 unspecified atom stereocenters. The molecule has 1 heterocycles. The van der Waals surface area contributed by atoms with E-state index in [2.05, 4.69) is 5.16 Å². The van der Waals surface area contributed by atoms with Gasteiger partial charge in [-0.25, -0.2) is 8.42 Å². The van der Waals surface area contributed by atoms with Crippen molar-refractivity contribution in [1.82, 2.24) is 9.46 Å². The summed E-state index contributed by atoms with van der Waals surface area (Å²) >= 11 is 0. The summed E-state index contributed by atoms with van der Waals surface area (Å²) in [6.07, 6.45) is 0.593. The summed E-state index contributed by atoms with van der Waals surface area (Å²) in [6, 6.07) is 9.48. The fourth-order valence-corrected chi connectivity index (χ4v) is 4.07. The van der Waals surface area contributed by atoms with Crippen LogP contribution in [0.2, 0.25) is 0 Å². The van der Waals surface area contributed by atoms with Crippen molar-refractivity contribution < 1.29 is 12.9 Å². The lowest BCUT2D eigenvalue weighted by Crippen LogP contribution is -2.33. The zero-order valence-electron chi connectivity index (χ0n) is 13.2. The van der Waals surface area contributed by atoms with Gasteiger partial charge in [0.2, 0.25) is 10.0 Å². The molecule has 8 heteroatoms. The molecule has 2 N–H and O–H groups in total. The lowest BCUT2D eigenvalue weighted by molar-refractivity contribution is 0.385. The van der Waals surface area contributed by atoms with Gasteiger partial charge in [0.05, 0.1) is 0 Å². The van der Waals surface area contributed by atoms with Gasteiger partial charge in [-0.15, -0.1) is 12.4 Å². The second-order valence-electron chi connectivity index (χ2n) is 5.12. The van der Waals surface area contributed by atoms with Gasteiger partial charge in [0.1, 0.15) is 10.6 Å². The van der Waals surface area contributed by atoms with Crippen LogP contribution in [0.4, 0.5) is 0 Å². The van der Waals surface area contributed by atoms with Gasteiger partial charge in [-0.1, -0.05) is 35.5 Å². The van der Waals surface area contributed by atoms with E-state index >= 15 is 0 Å². The van der Waals surface area contributed by atoms with E-state index in [0.717, 1.165) is 5.56 Å². The highest BCUT2D eigenvalue weighted by Crippen LogP contribution is 2.24. The van der Waals surface area contributed by atoms with Gasteiger partial charge >= 0.3 is 0 Å². The Kier molecular flexibility index (Phi) is 7.21. The molecule has 128 valence electrons. The van der Waals surface area contributed by atoms with Gasteiger partial charge in [-0.3, -0.25) is 0 Å². The zero-order chi connectivity index (χ0) is 16.2. The van der Waals surface area contributed by atoms with Crippen molar-refractivity contribution in [2.75, 3.05) is 13.1 Å². The standard InChI is InChI=1S/C15H21N3O3S.ClH/c1-12-15(13(2)21-17-12)22(19,20)18(10-6-9-16)11-14-7-4-3-5-8-14;/h3-5,7-8H,6,9-11,16H2,1-2H3;1H. The number of hydrogen-bond acceptors (Lipinski definition) is 5. The van der Waals surface area contributed by atoms with Crippen molar-refractivity contribution >= 4 is 22.4 Å². The summed E-state index contributed by atoms with van der Waals surface area (Å²) in [5.74, 6) is 0.309. The van der Waals surface area contributed by atoms with Gasteiger partial charge in [-0.2, -0.15) is 4.31 Å². The van der Waals surface area contributed by atoms with Crippen LogP contribution in [0.5, 0.6) is 0 Å². The number of benzene rings is 1. The highest BCUT2D eigenvalue weighted by molar-refractivity contribution is 7.89. The van der Waals surface area contributed by atoms with Gasteiger partial charge in [0.25, 0.3) is 0 Å². The Balaban J connectivity index is 0.00000264. The number of sulfonamides is 1. The molecule has 0 bridgehead atoms. The number of halogens is 1. The Morgan fingerprint density at radius 2 is 1.87 bits per heavy atom. The largest absolute Gasteiger partial charge is 0.360 e. The second kappa shape index (κ2) is 8.44. The van der Waals surface area contributed by atoms with Crippen LogP contribution in [0.25, 0.3) is 0 Å². The maximum Gasteiger partial charge on any atom is 0.248 e. The maximum absolute atomic E-state index is 12.9. The van der Waals surface area contributed by atoms with E-state index in [1.807, 2.05) is 30.3 Å². The average molecular weight is 360 g/mol. The lowest BCUT2D eigenvalue weighted by atomic mass is 10.2. The molecule has 6 nitrogen and oxygen atoms in total.